The van der Waals surface area contributed by atoms with Crippen LogP contribution < -0.4 is 10.6 Å². The molecule has 1 aromatic carbocycles. The minimum Gasteiger partial charge on any atom is -0.358 e. The van der Waals surface area contributed by atoms with Crippen molar-refractivity contribution in [2.24, 2.45) is 11.8 Å². The number of benzene rings is 1. The van der Waals surface area contributed by atoms with Crippen LogP contribution in [0.25, 0.3) is 11.1 Å². The summed E-state index contributed by atoms with van der Waals surface area (Å²) in [6, 6.07) is 5.82. The van der Waals surface area contributed by atoms with E-state index in [-0.39, 0.29) is 36.4 Å². The number of amides is 1. The van der Waals surface area contributed by atoms with Gasteiger partial charge in [0.15, 0.2) is 11.6 Å². The van der Waals surface area contributed by atoms with Crippen LogP contribution in [0.15, 0.2) is 65.1 Å². The number of halogens is 3. The van der Waals surface area contributed by atoms with Crippen molar-refractivity contribution in [2.45, 2.75) is 65.2 Å². The number of alkyl halides is 2. The lowest BCUT2D eigenvalue weighted by Crippen LogP contribution is -2.29. The van der Waals surface area contributed by atoms with Crippen LogP contribution >= 0.6 is 0 Å². The summed E-state index contributed by atoms with van der Waals surface area (Å²) in [6.45, 7) is 9.16. The van der Waals surface area contributed by atoms with Gasteiger partial charge in [0, 0.05) is 36.6 Å². The highest BCUT2D eigenvalue weighted by Crippen LogP contribution is 2.58. The quantitative estimate of drug-likeness (QED) is 0.289. The average molecular weight is 554 g/mol. The van der Waals surface area contributed by atoms with Gasteiger partial charge in [-0.15, -0.1) is 0 Å². The van der Waals surface area contributed by atoms with Crippen molar-refractivity contribution in [3.63, 3.8) is 0 Å². The maximum absolute atomic E-state index is 14.8. The molecule has 0 radical (unpaired) electrons. The fourth-order valence-electron chi connectivity index (χ4n) is 4.52. The predicted molar refractivity (Wildman–Crippen MR) is 148 cm³/mol. The third-order valence-corrected chi connectivity index (χ3v) is 7.12. The Morgan fingerprint density at radius 2 is 1.85 bits per heavy atom. The van der Waals surface area contributed by atoms with Crippen molar-refractivity contribution in [2.75, 3.05) is 10.6 Å². The smallest absolute Gasteiger partial charge is 0.258 e. The highest BCUT2D eigenvalue weighted by atomic mass is 19.3. The van der Waals surface area contributed by atoms with Crippen molar-refractivity contribution in [1.29, 1.82) is 0 Å². The number of carbonyl (C=O) groups excluding carboxylic acids is 1. The van der Waals surface area contributed by atoms with E-state index < -0.39 is 23.1 Å². The van der Waals surface area contributed by atoms with E-state index in [9.17, 15) is 18.0 Å². The van der Waals surface area contributed by atoms with E-state index in [4.69, 9.17) is 4.52 Å². The number of nitrogens with one attached hydrogen (secondary N) is 2. The molecule has 1 atom stereocenters. The fraction of sp³-hybridized carbons (Fsp3) is 0.400. The highest BCUT2D eigenvalue weighted by Gasteiger charge is 2.62. The third kappa shape index (κ3) is 6.26. The van der Waals surface area contributed by atoms with E-state index in [1.807, 2.05) is 19.9 Å². The van der Waals surface area contributed by atoms with Crippen LogP contribution in [-0.2, 0) is 16.6 Å². The number of hydrogen-bond acceptors (Lipinski definition) is 6. The van der Waals surface area contributed by atoms with Gasteiger partial charge in [0.05, 0.1) is 11.8 Å². The Hall–Kier alpha value is -3.95. The van der Waals surface area contributed by atoms with E-state index >= 15 is 0 Å². The van der Waals surface area contributed by atoms with Gasteiger partial charge in [-0.25, -0.2) is 23.1 Å². The molecule has 0 spiro atoms. The monoisotopic (exact) mass is 553 g/mol. The zero-order valence-corrected chi connectivity index (χ0v) is 23.3. The van der Waals surface area contributed by atoms with Gasteiger partial charge in [-0.2, -0.15) is 0 Å². The molecular formula is C30H34F3N5O2. The predicted octanol–water partition coefficient (Wildman–Crippen LogP) is 7.30. The maximum atomic E-state index is 14.8. The Balaban J connectivity index is 0.00000181. The molecule has 1 unspecified atom stereocenters. The van der Waals surface area contributed by atoms with Gasteiger partial charge < -0.3 is 15.2 Å². The van der Waals surface area contributed by atoms with Crippen molar-refractivity contribution in [3.8, 4) is 11.1 Å². The minimum absolute atomic E-state index is 0.0204. The lowest BCUT2D eigenvalue weighted by atomic mass is 9.96. The van der Waals surface area contributed by atoms with Crippen molar-refractivity contribution in [1.82, 2.24) is 15.1 Å². The molecule has 0 saturated heterocycles. The number of hydrogen-bond donors (Lipinski definition) is 2. The number of allylic oxidation sites excluding steroid dienone is 3. The van der Waals surface area contributed by atoms with Gasteiger partial charge in [0.25, 0.3) is 5.92 Å². The first-order chi connectivity index (χ1) is 19.0. The molecule has 2 aliphatic carbocycles. The van der Waals surface area contributed by atoms with E-state index in [1.54, 1.807) is 18.5 Å². The zero-order chi connectivity index (χ0) is 29.1. The Morgan fingerprint density at radius 1 is 1.15 bits per heavy atom. The van der Waals surface area contributed by atoms with Crippen molar-refractivity contribution >= 4 is 17.7 Å². The maximum Gasteiger partial charge on any atom is 0.258 e. The first-order valence-electron chi connectivity index (χ1n) is 13.5. The second kappa shape index (κ2) is 11.7. The molecule has 2 heterocycles. The van der Waals surface area contributed by atoms with Gasteiger partial charge in [0.2, 0.25) is 11.9 Å². The molecule has 40 heavy (non-hydrogen) atoms. The second-order valence-electron chi connectivity index (χ2n) is 10.3. The second-order valence-corrected chi connectivity index (χ2v) is 10.3. The first kappa shape index (κ1) is 29.0. The first-order valence-corrected chi connectivity index (χ1v) is 13.5. The molecule has 0 aliphatic heterocycles. The topological polar surface area (TPSA) is 92.9 Å². The molecule has 2 aromatic heterocycles. The minimum atomic E-state index is -2.96. The highest BCUT2D eigenvalue weighted by molar-refractivity contribution is 5.91. The van der Waals surface area contributed by atoms with Crippen molar-refractivity contribution < 1.29 is 22.5 Å². The summed E-state index contributed by atoms with van der Waals surface area (Å²) in [4.78, 5) is 21.1. The molecule has 1 fully saturated rings. The summed E-state index contributed by atoms with van der Waals surface area (Å²) >= 11 is 0. The van der Waals surface area contributed by atoms with Gasteiger partial charge in [-0.05, 0) is 47.9 Å². The van der Waals surface area contributed by atoms with E-state index in [0.717, 1.165) is 12.6 Å². The summed E-state index contributed by atoms with van der Waals surface area (Å²) in [5.41, 5.74) is 0.924. The van der Waals surface area contributed by atoms with Gasteiger partial charge in [-0.3, -0.25) is 4.79 Å². The molecule has 0 bridgehead atoms. The standard InChI is InChI=1S/C28H28F3N5O2.C2H6/c1-16(2)17-6-7-21(10-17)34-26-32-14-20(15-33-26)18-4-5-19(22(29)11-18)12-25(37)35-24-13-23(38-36-24)28(8-9-28)27(3,30)31;1-2/h4-7,10-11,13-17H,8-9,12H2,1-3H3,(H,32,33,34)(H,35,36,37);1-2H3. The normalized spacial score (nSPS) is 17.2. The lowest BCUT2D eigenvalue weighted by molar-refractivity contribution is -0.115. The van der Waals surface area contributed by atoms with E-state index in [0.29, 0.717) is 28.9 Å². The number of carbonyl (C=O) groups is 1. The molecule has 212 valence electrons. The van der Waals surface area contributed by atoms with Gasteiger partial charge >= 0.3 is 0 Å². The van der Waals surface area contributed by atoms with Crippen LogP contribution in [0.2, 0.25) is 0 Å². The number of rotatable bonds is 9. The van der Waals surface area contributed by atoms with Crippen molar-refractivity contribution in [3.05, 3.63) is 77.7 Å². The average Bonchev–Trinajstić information content (AvgIpc) is 3.40. The number of nitrogens with zero attached hydrogens (tertiary/aromatic N) is 3. The Kier molecular flexibility index (Phi) is 8.46. The van der Waals surface area contributed by atoms with Crippen LogP contribution in [0.3, 0.4) is 0 Å². The summed E-state index contributed by atoms with van der Waals surface area (Å²) in [7, 11) is 0. The van der Waals surface area contributed by atoms with Crippen LogP contribution in [0.5, 0.6) is 0 Å². The SMILES string of the molecule is CC.CC(C)C1C=CC(Nc2ncc(-c3ccc(CC(=O)Nc4cc(C5(C(C)(F)F)CC5)on4)c(F)c3)cn2)=C1. The number of anilines is 2. The molecule has 10 heteroatoms. The molecule has 2 aliphatic rings. The molecule has 5 rings (SSSR count). The van der Waals surface area contributed by atoms with Gasteiger partial charge in [0.1, 0.15) is 5.82 Å². The number of aromatic nitrogens is 3. The van der Waals surface area contributed by atoms with Crippen LogP contribution in [0.1, 0.15) is 58.8 Å². The lowest BCUT2D eigenvalue weighted by Gasteiger charge is -2.19. The molecule has 7 nitrogen and oxygen atoms in total. The van der Waals surface area contributed by atoms with Crippen LogP contribution in [0, 0.1) is 17.7 Å². The summed E-state index contributed by atoms with van der Waals surface area (Å²) < 4.78 is 47.7. The summed E-state index contributed by atoms with van der Waals surface area (Å²) in [6.07, 6.45) is 9.77. The van der Waals surface area contributed by atoms with Gasteiger partial charge in [-0.1, -0.05) is 57.1 Å². The Morgan fingerprint density at radius 3 is 2.42 bits per heavy atom. The Labute approximate surface area is 232 Å². The largest absolute Gasteiger partial charge is 0.358 e. The molecular weight excluding hydrogens is 519 g/mol. The molecule has 1 saturated carbocycles. The molecule has 3 aromatic rings. The zero-order valence-electron chi connectivity index (χ0n) is 23.3. The van der Waals surface area contributed by atoms with E-state index in [1.165, 1.54) is 18.2 Å². The summed E-state index contributed by atoms with van der Waals surface area (Å²) in [5, 5.41) is 9.34. The van der Waals surface area contributed by atoms with Crippen LogP contribution in [-0.4, -0.2) is 27.0 Å². The fourth-order valence-corrected chi connectivity index (χ4v) is 4.52. The van der Waals surface area contributed by atoms with E-state index in [2.05, 4.69) is 51.8 Å². The van der Waals surface area contributed by atoms with Crippen LogP contribution in [0.4, 0.5) is 24.9 Å². The molecule has 2 N–H and O–H groups in total. The molecule has 1 amide bonds. The summed E-state index contributed by atoms with van der Waals surface area (Å²) in [5.74, 6) is -2.69. The Bertz CT molecular complexity index is 1400. The third-order valence-electron chi connectivity index (χ3n) is 7.12.